The molecule has 0 unspecified atom stereocenters. The summed E-state index contributed by atoms with van der Waals surface area (Å²) >= 11 is 0. The second-order valence-corrected chi connectivity index (χ2v) is 6.18. The highest BCUT2D eigenvalue weighted by molar-refractivity contribution is 5.79. The van der Waals surface area contributed by atoms with Gasteiger partial charge < -0.3 is 9.64 Å². The number of aromatic nitrogens is 3. The van der Waals surface area contributed by atoms with E-state index in [0.29, 0.717) is 18.6 Å². The molecule has 3 heterocycles. The quantitative estimate of drug-likeness (QED) is 0.825. The largest absolute Gasteiger partial charge is 0.381 e. The fourth-order valence-electron chi connectivity index (χ4n) is 3.18. The van der Waals surface area contributed by atoms with Crippen molar-refractivity contribution in [2.75, 3.05) is 26.3 Å². The summed E-state index contributed by atoms with van der Waals surface area (Å²) in [5, 5.41) is 8.51. The van der Waals surface area contributed by atoms with Gasteiger partial charge in [-0.2, -0.15) is 0 Å². The Balaban J connectivity index is 1.40. The first kappa shape index (κ1) is 12.3. The Bertz CT molecular complexity index is 505. The molecule has 6 heteroatoms. The Morgan fingerprint density at radius 1 is 1.30 bits per heavy atom. The van der Waals surface area contributed by atoms with Crippen molar-refractivity contribution in [1.29, 1.82) is 0 Å². The minimum Gasteiger partial charge on any atom is -0.381 e. The Morgan fingerprint density at radius 2 is 2.20 bits per heavy atom. The van der Waals surface area contributed by atoms with Crippen LogP contribution in [0.4, 0.5) is 0 Å². The van der Waals surface area contributed by atoms with Crippen LogP contribution in [0.25, 0.3) is 0 Å². The van der Waals surface area contributed by atoms with Crippen molar-refractivity contribution < 1.29 is 9.53 Å². The lowest BCUT2D eigenvalue weighted by molar-refractivity contribution is -0.134. The van der Waals surface area contributed by atoms with Crippen LogP contribution in [0.5, 0.6) is 0 Å². The third-order valence-corrected chi connectivity index (χ3v) is 4.65. The van der Waals surface area contributed by atoms with Crippen LogP contribution in [0, 0.1) is 5.92 Å². The van der Waals surface area contributed by atoms with E-state index in [4.69, 9.17) is 4.74 Å². The molecule has 0 spiro atoms. The van der Waals surface area contributed by atoms with E-state index in [9.17, 15) is 4.79 Å². The lowest BCUT2D eigenvalue weighted by atomic mass is 10.1. The summed E-state index contributed by atoms with van der Waals surface area (Å²) in [5.74, 6) is 0.970. The molecule has 20 heavy (non-hydrogen) atoms. The number of amides is 1. The van der Waals surface area contributed by atoms with Crippen molar-refractivity contribution in [2.24, 2.45) is 5.92 Å². The molecule has 2 atom stereocenters. The number of carbonyl (C=O) groups excluding carboxylic acids is 1. The van der Waals surface area contributed by atoms with Crippen molar-refractivity contribution in [3.05, 3.63) is 11.9 Å². The van der Waals surface area contributed by atoms with E-state index < -0.39 is 0 Å². The molecule has 1 saturated carbocycles. The van der Waals surface area contributed by atoms with Crippen molar-refractivity contribution in [3.63, 3.8) is 0 Å². The molecule has 2 saturated heterocycles. The maximum atomic E-state index is 12.3. The van der Waals surface area contributed by atoms with Crippen LogP contribution in [-0.4, -0.2) is 52.1 Å². The van der Waals surface area contributed by atoms with Crippen LogP contribution >= 0.6 is 0 Å². The van der Waals surface area contributed by atoms with Crippen LogP contribution in [0.3, 0.4) is 0 Å². The zero-order valence-electron chi connectivity index (χ0n) is 11.6. The van der Waals surface area contributed by atoms with Gasteiger partial charge in [-0.15, -0.1) is 5.10 Å². The van der Waals surface area contributed by atoms with E-state index in [1.807, 2.05) is 9.58 Å². The third-order valence-electron chi connectivity index (χ3n) is 4.65. The molecular weight excluding hydrogens is 256 g/mol. The van der Waals surface area contributed by atoms with E-state index in [1.54, 1.807) is 0 Å². The molecule has 4 rings (SSSR count). The van der Waals surface area contributed by atoms with Gasteiger partial charge in [0.05, 0.1) is 24.3 Å². The number of hydrogen-bond acceptors (Lipinski definition) is 4. The highest BCUT2D eigenvalue weighted by Crippen LogP contribution is 2.39. The summed E-state index contributed by atoms with van der Waals surface area (Å²) in [6.45, 7) is 2.91. The van der Waals surface area contributed by atoms with Crippen LogP contribution in [0.15, 0.2) is 6.20 Å². The summed E-state index contributed by atoms with van der Waals surface area (Å²) in [4.78, 5) is 14.3. The Morgan fingerprint density at radius 3 is 2.95 bits per heavy atom. The van der Waals surface area contributed by atoms with Crippen molar-refractivity contribution in [1.82, 2.24) is 19.9 Å². The zero-order chi connectivity index (χ0) is 13.5. The summed E-state index contributed by atoms with van der Waals surface area (Å²) in [6.07, 6.45) is 6.42. The second kappa shape index (κ2) is 4.84. The van der Waals surface area contributed by atoms with Gasteiger partial charge in [-0.05, 0) is 25.7 Å². The summed E-state index contributed by atoms with van der Waals surface area (Å²) in [7, 11) is 0. The first-order chi connectivity index (χ1) is 9.81. The van der Waals surface area contributed by atoms with Gasteiger partial charge in [0.15, 0.2) is 0 Å². The average Bonchev–Trinajstić information content (AvgIpc) is 2.98. The zero-order valence-corrected chi connectivity index (χ0v) is 11.6. The molecular formula is C14H20N4O2. The first-order valence-corrected chi connectivity index (χ1v) is 7.59. The van der Waals surface area contributed by atoms with E-state index in [0.717, 1.165) is 38.2 Å². The van der Waals surface area contributed by atoms with Gasteiger partial charge in [0.2, 0.25) is 5.91 Å². The van der Waals surface area contributed by atoms with Crippen molar-refractivity contribution in [2.45, 2.75) is 37.6 Å². The van der Waals surface area contributed by atoms with Gasteiger partial charge in [0.1, 0.15) is 0 Å². The van der Waals surface area contributed by atoms with Gasteiger partial charge in [0, 0.05) is 31.8 Å². The van der Waals surface area contributed by atoms with Crippen molar-refractivity contribution in [3.8, 4) is 0 Å². The number of carbonyl (C=O) groups is 1. The topological polar surface area (TPSA) is 60.2 Å². The molecule has 108 valence electrons. The predicted molar refractivity (Wildman–Crippen MR) is 71.2 cm³/mol. The van der Waals surface area contributed by atoms with Gasteiger partial charge in [-0.25, -0.2) is 4.68 Å². The highest BCUT2D eigenvalue weighted by Gasteiger charge is 2.34. The van der Waals surface area contributed by atoms with Gasteiger partial charge in [-0.3, -0.25) is 4.79 Å². The normalized spacial score (nSPS) is 30.1. The second-order valence-electron chi connectivity index (χ2n) is 6.18. The maximum absolute atomic E-state index is 12.3. The van der Waals surface area contributed by atoms with E-state index >= 15 is 0 Å². The first-order valence-electron chi connectivity index (χ1n) is 7.59. The summed E-state index contributed by atoms with van der Waals surface area (Å²) in [5.41, 5.74) is 1.12. The molecule has 2 aliphatic heterocycles. The van der Waals surface area contributed by atoms with Crippen LogP contribution in [0.1, 0.15) is 43.3 Å². The monoisotopic (exact) mass is 276 g/mol. The molecule has 1 aromatic rings. The standard InChI is InChI=1S/C14H20N4O2/c19-14(11-4-6-20-9-11)17-5-3-12(7-17)18-8-13(15-16-18)10-1-2-10/h8,10-12H,1-7,9H2/t11-,12-/m0/s1. The number of ether oxygens (including phenoxy) is 1. The third kappa shape index (κ3) is 2.22. The Hall–Kier alpha value is -1.43. The Labute approximate surface area is 118 Å². The number of likely N-dealkylation sites (tertiary alicyclic amines) is 1. The maximum Gasteiger partial charge on any atom is 0.228 e. The molecule has 1 amide bonds. The van der Waals surface area contributed by atoms with Gasteiger partial charge >= 0.3 is 0 Å². The molecule has 0 N–H and O–H groups in total. The average molecular weight is 276 g/mol. The van der Waals surface area contributed by atoms with Gasteiger partial charge in [0.25, 0.3) is 0 Å². The van der Waals surface area contributed by atoms with E-state index in [1.165, 1.54) is 12.8 Å². The molecule has 3 aliphatic rings. The van der Waals surface area contributed by atoms with E-state index in [-0.39, 0.29) is 11.8 Å². The lowest BCUT2D eigenvalue weighted by Gasteiger charge is -2.19. The Kier molecular flexibility index (Phi) is 2.98. The minimum atomic E-state index is 0.0755. The fraction of sp³-hybridized carbons (Fsp3) is 0.786. The molecule has 0 bridgehead atoms. The SMILES string of the molecule is O=C([C@H]1CCOC1)N1CC[C@H](n2cc(C3CC3)nn2)C1. The summed E-state index contributed by atoms with van der Waals surface area (Å²) in [6, 6.07) is 0.293. The molecule has 3 fully saturated rings. The lowest BCUT2D eigenvalue weighted by Crippen LogP contribution is -2.35. The molecule has 1 aromatic heterocycles. The van der Waals surface area contributed by atoms with E-state index in [2.05, 4.69) is 16.5 Å². The van der Waals surface area contributed by atoms with Gasteiger partial charge in [-0.1, -0.05) is 5.21 Å². The van der Waals surface area contributed by atoms with Crippen molar-refractivity contribution >= 4 is 5.91 Å². The minimum absolute atomic E-state index is 0.0755. The predicted octanol–water partition coefficient (Wildman–Crippen LogP) is 0.965. The molecule has 6 nitrogen and oxygen atoms in total. The van der Waals surface area contributed by atoms with Crippen LogP contribution in [0.2, 0.25) is 0 Å². The molecule has 0 aromatic carbocycles. The van der Waals surface area contributed by atoms with Crippen LogP contribution < -0.4 is 0 Å². The fourth-order valence-corrected chi connectivity index (χ4v) is 3.18. The smallest absolute Gasteiger partial charge is 0.228 e. The van der Waals surface area contributed by atoms with Crippen LogP contribution in [-0.2, 0) is 9.53 Å². The number of hydrogen-bond donors (Lipinski definition) is 0. The number of rotatable bonds is 3. The molecule has 1 aliphatic carbocycles. The summed E-state index contributed by atoms with van der Waals surface area (Å²) < 4.78 is 7.28. The number of nitrogens with zero attached hydrogens (tertiary/aromatic N) is 4. The molecule has 0 radical (unpaired) electrons. The highest BCUT2D eigenvalue weighted by atomic mass is 16.5.